The van der Waals surface area contributed by atoms with E-state index in [2.05, 4.69) is 0 Å². The fraction of sp³-hybridized carbons (Fsp3) is 0.0952. The number of imidazole rings is 1. The first-order chi connectivity index (χ1) is 12.7. The van der Waals surface area contributed by atoms with Gasteiger partial charge in [-0.3, -0.25) is 0 Å². The van der Waals surface area contributed by atoms with Crippen molar-refractivity contribution in [3.8, 4) is 17.1 Å². The smallest absolute Gasteiger partial charge is 0.146 e. The fourth-order valence-electron chi connectivity index (χ4n) is 3.07. The Kier molecular flexibility index (Phi) is 4.35. The molecule has 0 unspecified atom stereocenters. The van der Waals surface area contributed by atoms with E-state index in [0.717, 1.165) is 11.1 Å². The number of halogens is 2. The monoisotopic (exact) mass is 366 g/mol. The maximum absolute atomic E-state index is 14.5. The SMILES string of the molecule is COc1cccc2c1nc(-c1ccccc1F)n2Cc1ccc(Cl)cc1. The van der Waals surface area contributed by atoms with Crippen LogP contribution in [0, 0.1) is 5.82 Å². The molecule has 1 aromatic heterocycles. The Morgan fingerprint density at radius 2 is 1.77 bits per heavy atom. The van der Waals surface area contributed by atoms with Gasteiger partial charge in [-0.15, -0.1) is 0 Å². The lowest BCUT2D eigenvalue weighted by atomic mass is 10.2. The van der Waals surface area contributed by atoms with Gasteiger partial charge in [-0.1, -0.05) is 41.9 Å². The molecule has 0 aliphatic rings. The molecule has 26 heavy (non-hydrogen) atoms. The topological polar surface area (TPSA) is 27.1 Å². The molecule has 0 spiro atoms. The third-order valence-corrected chi connectivity index (χ3v) is 4.58. The summed E-state index contributed by atoms with van der Waals surface area (Å²) in [4.78, 5) is 4.70. The first-order valence-electron chi connectivity index (χ1n) is 8.20. The number of hydrogen-bond acceptors (Lipinski definition) is 2. The summed E-state index contributed by atoms with van der Waals surface area (Å²) in [5.74, 6) is 0.923. The van der Waals surface area contributed by atoms with Gasteiger partial charge in [-0.25, -0.2) is 9.37 Å². The van der Waals surface area contributed by atoms with E-state index in [1.165, 1.54) is 6.07 Å². The first kappa shape index (κ1) is 16.6. The van der Waals surface area contributed by atoms with Crippen molar-refractivity contribution < 1.29 is 9.13 Å². The number of nitrogens with zero attached hydrogens (tertiary/aromatic N) is 2. The Hall–Kier alpha value is -2.85. The zero-order valence-corrected chi connectivity index (χ0v) is 14.9. The minimum atomic E-state index is -0.306. The summed E-state index contributed by atoms with van der Waals surface area (Å²) < 4.78 is 21.9. The van der Waals surface area contributed by atoms with Crippen molar-refractivity contribution in [2.45, 2.75) is 6.54 Å². The number of rotatable bonds is 4. The third kappa shape index (κ3) is 2.93. The zero-order chi connectivity index (χ0) is 18.1. The highest BCUT2D eigenvalue weighted by molar-refractivity contribution is 6.30. The average Bonchev–Trinajstić information content (AvgIpc) is 3.02. The Labute approximate surface area is 155 Å². The van der Waals surface area contributed by atoms with Gasteiger partial charge in [-0.2, -0.15) is 0 Å². The normalized spacial score (nSPS) is 11.0. The van der Waals surface area contributed by atoms with Gasteiger partial charge in [0.25, 0.3) is 0 Å². The maximum atomic E-state index is 14.5. The molecule has 0 aliphatic carbocycles. The van der Waals surface area contributed by atoms with Gasteiger partial charge in [0.15, 0.2) is 0 Å². The molecular formula is C21H16ClFN2O. The minimum absolute atomic E-state index is 0.306. The molecule has 0 fully saturated rings. The van der Waals surface area contributed by atoms with Crippen LogP contribution in [-0.4, -0.2) is 16.7 Å². The van der Waals surface area contributed by atoms with Crippen LogP contribution in [0.1, 0.15) is 5.56 Å². The van der Waals surface area contributed by atoms with Crippen LogP contribution in [0.15, 0.2) is 66.7 Å². The van der Waals surface area contributed by atoms with Gasteiger partial charge < -0.3 is 9.30 Å². The molecule has 5 heteroatoms. The largest absolute Gasteiger partial charge is 0.494 e. The van der Waals surface area contributed by atoms with Crippen molar-refractivity contribution >= 4 is 22.6 Å². The van der Waals surface area contributed by atoms with Gasteiger partial charge in [0.1, 0.15) is 22.9 Å². The summed E-state index contributed by atoms with van der Waals surface area (Å²) in [6.45, 7) is 0.546. The summed E-state index contributed by atoms with van der Waals surface area (Å²) in [6, 6.07) is 20.0. The van der Waals surface area contributed by atoms with Crippen LogP contribution < -0.4 is 4.74 Å². The fourth-order valence-corrected chi connectivity index (χ4v) is 3.19. The van der Waals surface area contributed by atoms with Crippen LogP contribution >= 0.6 is 11.6 Å². The highest BCUT2D eigenvalue weighted by Crippen LogP contribution is 2.32. The predicted octanol–water partition coefficient (Wildman–Crippen LogP) is 5.55. The molecule has 4 rings (SSSR count). The summed E-state index contributed by atoms with van der Waals surface area (Å²) in [7, 11) is 1.61. The third-order valence-electron chi connectivity index (χ3n) is 4.33. The zero-order valence-electron chi connectivity index (χ0n) is 14.1. The van der Waals surface area contributed by atoms with Gasteiger partial charge in [0.05, 0.1) is 18.2 Å². The summed E-state index contributed by atoms with van der Waals surface area (Å²) in [5, 5.41) is 0.681. The van der Waals surface area contributed by atoms with Crippen LogP contribution in [0.4, 0.5) is 4.39 Å². The molecule has 0 radical (unpaired) electrons. The number of benzene rings is 3. The predicted molar refractivity (Wildman–Crippen MR) is 102 cm³/mol. The molecule has 0 aliphatic heterocycles. The van der Waals surface area contributed by atoms with Gasteiger partial charge in [0.2, 0.25) is 0 Å². The van der Waals surface area contributed by atoms with Crippen molar-refractivity contribution in [2.75, 3.05) is 7.11 Å². The average molecular weight is 367 g/mol. The van der Waals surface area contributed by atoms with Crippen molar-refractivity contribution in [2.24, 2.45) is 0 Å². The van der Waals surface area contributed by atoms with Crippen LogP contribution in [0.5, 0.6) is 5.75 Å². The minimum Gasteiger partial charge on any atom is -0.494 e. The quantitative estimate of drug-likeness (QED) is 0.473. The molecule has 0 saturated heterocycles. The summed E-state index contributed by atoms with van der Waals surface area (Å²) in [6.07, 6.45) is 0. The molecule has 1 heterocycles. The second-order valence-electron chi connectivity index (χ2n) is 5.96. The second kappa shape index (κ2) is 6.81. The Morgan fingerprint density at radius 1 is 1.00 bits per heavy atom. The highest BCUT2D eigenvalue weighted by atomic mass is 35.5. The molecule has 0 atom stereocenters. The molecule has 0 amide bonds. The van der Waals surface area contributed by atoms with Crippen molar-refractivity contribution in [1.29, 1.82) is 0 Å². The Morgan fingerprint density at radius 3 is 2.50 bits per heavy atom. The van der Waals surface area contributed by atoms with E-state index >= 15 is 0 Å². The van der Waals surface area contributed by atoms with Crippen molar-refractivity contribution in [3.63, 3.8) is 0 Å². The molecule has 4 aromatic rings. The maximum Gasteiger partial charge on any atom is 0.146 e. The lowest BCUT2D eigenvalue weighted by Gasteiger charge is -2.10. The Bertz CT molecular complexity index is 1070. The van der Waals surface area contributed by atoms with E-state index in [1.807, 2.05) is 53.1 Å². The number of hydrogen-bond donors (Lipinski definition) is 0. The van der Waals surface area contributed by atoms with Crippen molar-refractivity contribution in [1.82, 2.24) is 9.55 Å². The molecular weight excluding hydrogens is 351 g/mol. The number of fused-ring (bicyclic) bond motifs is 1. The van der Waals surface area contributed by atoms with Crippen LogP contribution in [0.25, 0.3) is 22.4 Å². The van der Waals surface area contributed by atoms with E-state index in [9.17, 15) is 4.39 Å². The number of ether oxygens (including phenoxy) is 1. The molecule has 0 N–H and O–H groups in total. The van der Waals surface area contributed by atoms with E-state index in [1.54, 1.807) is 19.2 Å². The highest BCUT2D eigenvalue weighted by Gasteiger charge is 2.18. The van der Waals surface area contributed by atoms with Crippen LogP contribution in [0.2, 0.25) is 5.02 Å². The standard InChI is InChI=1S/C21H16ClFN2O/c1-26-19-8-4-7-18-20(19)24-21(16-5-2-3-6-17(16)23)25(18)13-14-9-11-15(22)12-10-14/h2-12H,13H2,1H3. The van der Waals surface area contributed by atoms with E-state index in [-0.39, 0.29) is 5.82 Å². The van der Waals surface area contributed by atoms with Crippen LogP contribution in [-0.2, 0) is 6.54 Å². The number of methoxy groups -OCH3 is 1. The second-order valence-corrected chi connectivity index (χ2v) is 6.39. The summed E-state index contributed by atoms with van der Waals surface area (Å²) >= 11 is 5.99. The Balaban J connectivity index is 1.95. The first-order valence-corrected chi connectivity index (χ1v) is 8.58. The van der Waals surface area contributed by atoms with Gasteiger partial charge in [0, 0.05) is 11.6 Å². The molecule has 3 aromatic carbocycles. The lowest BCUT2D eigenvalue weighted by Crippen LogP contribution is -2.03. The van der Waals surface area contributed by atoms with E-state index in [4.69, 9.17) is 21.3 Å². The van der Waals surface area contributed by atoms with Gasteiger partial charge >= 0.3 is 0 Å². The van der Waals surface area contributed by atoms with E-state index < -0.39 is 0 Å². The molecule has 3 nitrogen and oxygen atoms in total. The van der Waals surface area contributed by atoms with Crippen LogP contribution in [0.3, 0.4) is 0 Å². The lowest BCUT2D eigenvalue weighted by molar-refractivity contribution is 0.419. The van der Waals surface area contributed by atoms with Gasteiger partial charge in [-0.05, 0) is 42.0 Å². The van der Waals surface area contributed by atoms with Crippen molar-refractivity contribution in [3.05, 3.63) is 83.1 Å². The number of para-hydroxylation sites is 1. The number of aromatic nitrogens is 2. The molecule has 130 valence electrons. The molecule has 0 saturated carbocycles. The summed E-state index contributed by atoms with van der Waals surface area (Å²) in [5.41, 5.74) is 3.11. The molecule has 0 bridgehead atoms. The van der Waals surface area contributed by atoms with E-state index in [0.29, 0.717) is 34.2 Å².